The number of pyridine rings is 1. The zero-order chi connectivity index (χ0) is 13.3. The van der Waals surface area contributed by atoms with Crippen molar-refractivity contribution >= 4 is 11.7 Å². The molecule has 0 spiro atoms. The van der Waals surface area contributed by atoms with Crippen LogP contribution in [0.25, 0.3) is 0 Å². The predicted octanol–water partition coefficient (Wildman–Crippen LogP) is 1.23. The van der Waals surface area contributed by atoms with Gasteiger partial charge in [-0.15, -0.1) is 0 Å². The highest BCUT2D eigenvalue weighted by Gasteiger charge is 2.31. The van der Waals surface area contributed by atoms with Gasteiger partial charge in [0, 0.05) is 19.3 Å². The number of amides is 1. The number of hydrogen-bond donors (Lipinski definition) is 2. The van der Waals surface area contributed by atoms with Gasteiger partial charge < -0.3 is 10.3 Å². The molecule has 18 heavy (non-hydrogen) atoms. The molecule has 98 valence electrons. The fourth-order valence-electron chi connectivity index (χ4n) is 2.18. The molecule has 0 aromatic carbocycles. The number of hydrazine groups is 1. The molecule has 0 bridgehead atoms. The zero-order valence-corrected chi connectivity index (χ0v) is 10.5. The second-order valence-electron chi connectivity index (χ2n) is 4.83. The first-order chi connectivity index (χ1) is 8.54. The van der Waals surface area contributed by atoms with E-state index in [9.17, 15) is 9.18 Å². The number of hydrogen-bond acceptors (Lipinski definition) is 4. The van der Waals surface area contributed by atoms with Crippen LogP contribution in [0.5, 0.6) is 0 Å². The lowest BCUT2D eigenvalue weighted by Gasteiger charge is -2.17. The molecule has 6 heteroatoms. The van der Waals surface area contributed by atoms with E-state index in [2.05, 4.69) is 24.3 Å². The third-order valence-corrected chi connectivity index (χ3v) is 3.53. The Kier molecular flexibility index (Phi) is 3.47. The molecule has 2 atom stereocenters. The number of carbonyl (C=O) groups excluding carboxylic acids is 1. The largest absolute Gasteiger partial charge is 0.338 e. The van der Waals surface area contributed by atoms with E-state index in [-0.39, 0.29) is 17.3 Å². The number of halogens is 1. The maximum atomic E-state index is 13.9. The lowest BCUT2D eigenvalue weighted by atomic mass is 10.0. The molecular formula is C12H17FN4O. The van der Waals surface area contributed by atoms with Crippen LogP contribution in [0.1, 0.15) is 24.2 Å². The highest BCUT2D eigenvalue weighted by molar-refractivity contribution is 5.95. The summed E-state index contributed by atoms with van der Waals surface area (Å²) in [7, 11) is 0. The molecule has 1 amide bonds. The van der Waals surface area contributed by atoms with Crippen molar-refractivity contribution < 1.29 is 9.18 Å². The fraction of sp³-hybridized carbons (Fsp3) is 0.500. The van der Waals surface area contributed by atoms with Gasteiger partial charge in [-0.3, -0.25) is 4.79 Å². The Balaban J connectivity index is 2.24. The summed E-state index contributed by atoms with van der Waals surface area (Å²) in [5.41, 5.74) is 2.15. The molecule has 1 aromatic heterocycles. The molecule has 0 radical (unpaired) electrons. The minimum atomic E-state index is -0.697. The molecule has 1 aliphatic rings. The first-order valence-electron chi connectivity index (χ1n) is 5.95. The Morgan fingerprint density at radius 2 is 2.11 bits per heavy atom. The van der Waals surface area contributed by atoms with Gasteiger partial charge in [0.1, 0.15) is 0 Å². The molecule has 3 N–H and O–H groups in total. The molecule has 0 saturated carbocycles. The molecule has 2 heterocycles. The van der Waals surface area contributed by atoms with E-state index in [0.717, 1.165) is 0 Å². The molecule has 0 aliphatic carbocycles. The average Bonchev–Trinajstić information content (AvgIpc) is 2.69. The third-order valence-electron chi connectivity index (χ3n) is 3.53. The van der Waals surface area contributed by atoms with Crippen molar-refractivity contribution in [3.8, 4) is 0 Å². The van der Waals surface area contributed by atoms with Gasteiger partial charge in [0.15, 0.2) is 11.6 Å². The smallest absolute Gasteiger partial charge is 0.257 e. The van der Waals surface area contributed by atoms with Crippen LogP contribution in [0.3, 0.4) is 0 Å². The Morgan fingerprint density at radius 3 is 2.67 bits per heavy atom. The van der Waals surface area contributed by atoms with Gasteiger partial charge in [0.05, 0.1) is 5.56 Å². The summed E-state index contributed by atoms with van der Waals surface area (Å²) in [6.07, 6.45) is 1.37. The first-order valence-corrected chi connectivity index (χ1v) is 5.95. The minimum Gasteiger partial charge on any atom is -0.338 e. The van der Waals surface area contributed by atoms with Crippen molar-refractivity contribution in [2.75, 3.05) is 18.5 Å². The SMILES string of the molecule is CC1CN(C(=O)c2ccnc(NN)c2F)CC1C. The van der Waals surface area contributed by atoms with E-state index in [4.69, 9.17) is 5.84 Å². The van der Waals surface area contributed by atoms with Crippen LogP contribution in [-0.4, -0.2) is 28.9 Å². The van der Waals surface area contributed by atoms with E-state index in [1.165, 1.54) is 12.3 Å². The summed E-state index contributed by atoms with van der Waals surface area (Å²) in [5.74, 6) is 4.90. The summed E-state index contributed by atoms with van der Waals surface area (Å²) in [6.45, 7) is 5.50. The molecule has 2 unspecified atom stereocenters. The zero-order valence-electron chi connectivity index (χ0n) is 10.5. The van der Waals surface area contributed by atoms with Crippen LogP contribution in [0, 0.1) is 17.7 Å². The molecule has 1 aromatic rings. The minimum absolute atomic E-state index is 0.0132. The lowest BCUT2D eigenvalue weighted by molar-refractivity contribution is 0.0780. The first kappa shape index (κ1) is 12.8. The van der Waals surface area contributed by atoms with Gasteiger partial charge in [-0.05, 0) is 17.9 Å². The van der Waals surface area contributed by atoms with Crippen molar-refractivity contribution in [1.29, 1.82) is 0 Å². The van der Waals surface area contributed by atoms with Gasteiger partial charge in [0.2, 0.25) is 0 Å². The third kappa shape index (κ3) is 2.15. The van der Waals surface area contributed by atoms with Crippen LogP contribution in [0.15, 0.2) is 12.3 Å². The molecule has 1 fully saturated rings. The van der Waals surface area contributed by atoms with Crippen molar-refractivity contribution in [1.82, 2.24) is 9.88 Å². The summed E-state index contributed by atoms with van der Waals surface area (Å²) in [4.78, 5) is 17.6. The summed E-state index contributed by atoms with van der Waals surface area (Å²) in [6, 6.07) is 1.38. The second-order valence-corrected chi connectivity index (χ2v) is 4.83. The van der Waals surface area contributed by atoms with Crippen molar-refractivity contribution in [2.24, 2.45) is 17.7 Å². The van der Waals surface area contributed by atoms with Crippen molar-refractivity contribution in [3.63, 3.8) is 0 Å². The van der Waals surface area contributed by atoms with E-state index in [0.29, 0.717) is 24.9 Å². The number of nitrogen functional groups attached to an aromatic ring is 1. The van der Waals surface area contributed by atoms with Gasteiger partial charge in [0.25, 0.3) is 5.91 Å². The van der Waals surface area contributed by atoms with Crippen LogP contribution >= 0.6 is 0 Å². The Bertz CT molecular complexity index is 455. The number of nitrogens with two attached hydrogens (primary N) is 1. The van der Waals surface area contributed by atoms with Crippen LogP contribution in [-0.2, 0) is 0 Å². The monoisotopic (exact) mass is 252 g/mol. The number of anilines is 1. The van der Waals surface area contributed by atoms with Gasteiger partial charge >= 0.3 is 0 Å². The average molecular weight is 252 g/mol. The second kappa shape index (κ2) is 4.89. The van der Waals surface area contributed by atoms with E-state index >= 15 is 0 Å². The number of carbonyl (C=O) groups is 1. The standard InChI is InChI=1S/C12H17FN4O/c1-7-5-17(6-8(7)2)12(18)9-3-4-15-11(16-14)10(9)13/h3-4,7-8H,5-6,14H2,1-2H3,(H,15,16). The van der Waals surface area contributed by atoms with Gasteiger partial charge in [-0.25, -0.2) is 15.2 Å². The van der Waals surface area contributed by atoms with Gasteiger partial charge in [-0.1, -0.05) is 13.8 Å². The Morgan fingerprint density at radius 1 is 1.50 bits per heavy atom. The van der Waals surface area contributed by atoms with E-state index in [1.54, 1.807) is 4.90 Å². The van der Waals surface area contributed by atoms with Crippen LogP contribution in [0.2, 0.25) is 0 Å². The predicted molar refractivity (Wildman–Crippen MR) is 66.2 cm³/mol. The number of rotatable bonds is 2. The maximum absolute atomic E-state index is 13.9. The van der Waals surface area contributed by atoms with Crippen molar-refractivity contribution in [2.45, 2.75) is 13.8 Å². The van der Waals surface area contributed by atoms with E-state index in [1.807, 2.05) is 0 Å². The fourth-order valence-corrected chi connectivity index (χ4v) is 2.18. The van der Waals surface area contributed by atoms with Gasteiger partial charge in [-0.2, -0.15) is 0 Å². The quantitative estimate of drug-likeness (QED) is 0.613. The van der Waals surface area contributed by atoms with Crippen LogP contribution in [0.4, 0.5) is 10.2 Å². The summed E-state index contributed by atoms with van der Waals surface area (Å²) in [5, 5.41) is 0. The molecule has 1 aliphatic heterocycles. The number of nitrogens with one attached hydrogen (secondary N) is 1. The highest BCUT2D eigenvalue weighted by Crippen LogP contribution is 2.25. The molecule has 5 nitrogen and oxygen atoms in total. The number of nitrogens with zero attached hydrogens (tertiary/aromatic N) is 2. The van der Waals surface area contributed by atoms with E-state index < -0.39 is 5.82 Å². The Labute approximate surface area is 105 Å². The normalized spacial score (nSPS) is 23.2. The molecule has 2 rings (SSSR count). The topological polar surface area (TPSA) is 71.2 Å². The number of likely N-dealkylation sites (tertiary alicyclic amines) is 1. The van der Waals surface area contributed by atoms with Crippen molar-refractivity contribution in [3.05, 3.63) is 23.6 Å². The number of aromatic nitrogens is 1. The molecule has 1 saturated heterocycles. The Hall–Kier alpha value is -1.69. The summed E-state index contributed by atoms with van der Waals surface area (Å²) >= 11 is 0. The molecular weight excluding hydrogens is 235 g/mol. The van der Waals surface area contributed by atoms with Crippen LogP contribution < -0.4 is 11.3 Å². The maximum Gasteiger partial charge on any atom is 0.257 e. The highest BCUT2D eigenvalue weighted by atomic mass is 19.1. The summed E-state index contributed by atoms with van der Waals surface area (Å²) < 4.78 is 13.9. The lowest BCUT2D eigenvalue weighted by Crippen LogP contribution is -2.30.